The van der Waals surface area contributed by atoms with Crippen molar-refractivity contribution in [2.75, 3.05) is 100 Å². The molecule has 0 aliphatic carbocycles. The summed E-state index contributed by atoms with van der Waals surface area (Å²) in [5, 5.41) is 0. The van der Waals surface area contributed by atoms with Crippen molar-refractivity contribution in [2.24, 2.45) is 0 Å². The summed E-state index contributed by atoms with van der Waals surface area (Å²) in [6.45, 7) is 0. The average molecular weight is 2160 g/mol. The highest BCUT2D eigenvalue weighted by Crippen LogP contribution is 2.70. The van der Waals surface area contributed by atoms with Gasteiger partial charge < -0.3 is 0 Å². The topological polar surface area (TPSA) is 0 Å². The third kappa shape index (κ3) is 22.2. The fraction of sp³-hybridized carbons (Fsp3) is 0.205. The van der Waals surface area contributed by atoms with Gasteiger partial charge in [0.2, 0.25) is 0 Å². The van der Waals surface area contributed by atoms with Crippen LogP contribution in [0.4, 0.5) is 0 Å². The van der Waals surface area contributed by atoms with E-state index in [1.807, 2.05) is 423 Å². The molecule has 596 valence electrons. The van der Waals surface area contributed by atoms with Crippen molar-refractivity contribution in [3.63, 3.8) is 0 Å². The van der Waals surface area contributed by atoms with Crippen LogP contribution in [0.5, 0.6) is 0 Å². The second-order valence-electron chi connectivity index (χ2n) is 22.8. The molecule has 0 fully saturated rings. The molecule has 0 unspecified atom stereocenters. The Morgan fingerprint density at radius 3 is 0.439 bits per heavy atom. The molecule has 4 aromatic rings. The molecule has 10 aliphatic heterocycles. The molecular weight excluding hydrogens is 2090 g/mol. The zero-order valence-corrected chi connectivity index (χ0v) is 92.6. The summed E-state index contributed by atoms with van der Waals surface area (Å²) in [6.07, 6.45) is 45.3. The third-order valence-electron chi connectivity index (χ3n) is 16.4. The van der Waals surface area contributed by atoms with Gasteiger partial charge in [-0.05, 0) is 169 Å². The van der Waals surface area contributed by atoms with Crippen LogP contribution in [0.2, 0.25) is 0 Å². The Kier molecular flexibility index (Phi) is 38.1. The van der Waals surface area contributed by atoms with E-state index in [0.717, 1.165) is 0 Å². The first-order valence-corrected chi connectivity index (χ1v) is 69.2. The molecule has 0 spiro atoms. The monoisotopic (exact) mass is 2160 g/mol. The van der Waals surface area contributed by atoms with Crippen LogP contribution in [0.3, 0.4) is 0 Å². The summed E-state index contributed by atoms with van der Waals surface area (Å²) in [5.74, 6) is 0. The highest BCUT2D eigenvalue weighted by Gasteiger charge is 2.36. The molecule has 0 saturated carbocycles. The van der Waals surface area contributed by atoms with Gasteiger partial charge in [-0.3, -0.25) is 0 Å². The normalized spacial score (nSPS) is 19.1. The Hall–Kier alpha value is 4.54. The van der Waals surface area contributed by atoms with Crippen LogP contribution in [0.1, 0.15) is 44.5 Å². The summed E-state index contributed by atoms with van der Waals surface area (Å²) >= 11 is 68.5. The highest BCUT2D eigenvalue weighted by atomic mass is 32.3. The van der Waals surface area contributed by atoms with Gasteiger partial charge in [-0.15, -0.1) is 188 Å². The summed E-state index contributed by atoms with van der Waals surface area (Å²) in [5.41, 5.74) is 15.0. The molecule has 14 rings (SSSR count). The van der Waals surface area contributed by atoms with Crippen molar-refractivity contribution >= 4 is 465 Å². The summed E-state index contributed by atoms with van der Waals surface area (Å²) in [6, 6.07) is 38.6. The maximum atomic E-state index is 2.48. The van der Waals surface area contributed by atoms with Crippen molar-refractivity contribution in [1.82, 2.24) is 0 Å². The lowest BCUT2D eigenvalue weighted by molar-refractivity contribution is 1.57. The fourth-order valence-corrected chi connectivity index (χ4v) is 56.8. The SMILES string of the molecule is CSC1=C(SC)SC(=CC(=C2SC(SC)=C(SC)S2)c2ccc(C3=C(c4ccc(C(C=C5SC(SC)=C(SC)S5)=C5SC(SC)=C(SC)S5)cc4)SC(=C4SC(c5ccc(C(C=C6SC(SC)=C(SC)S6)=C6SC(SC)=C(SC)S6)cc5)=C(c5ccc(C(C=C6SC(SC)=C(SC)S6)=C6SC(SC)=C(SC)S6)cc5)S4)S3)cc2)S1. The van der Waals surface area contributed by atoms with Crippen LogP contribution in [0, 0.1) is 0 Å². The van der Waals surface area contributed by atoms with Gasteiger partial charge >= 0.3 is 0 Å². The first kappa shape index (κ1) is 94.7. The lowest BCUT2D eigenvalue weighted by atomic mass is 10.0. The number of benzene rings is 4. The Labute approximate surface area is 828 Å². The van der Waals surface area contributed by atoms with E-state index in [1.165, 1.54) is 197 Å². The van der Waals surface area contributed by atoms with E-state index < -0.39 is 0 Å². The van der Waals surface area contributed by atoms with Crippen molar-refractivity contribution in [1.29, 1.82) is 0 Å². The Morgan fingerprint density at radius 2 is 0.307 bits per heavy atom. The molecule has 0 bridgehead atoms. The third-order valence-corrected chi connectivity index (χ3v) is 63.7. The zero-order valence-electron chi connectivity index (χ0n) is 63.2. The fourth-order valence-electron chi connectivity index (χ4n) is 11.2. The van der Waals surface area contributed by atoms with Gasteiger partial charge in [-0.1, -0.05) is 332 Å². The summed E-state index contributed by atoms with van der Waals surface area (Å²) in [7, 11) is 0. The van der Waals surface area contributed by atoms with Crippen LogP contribution >= 0.6 is 423 Å². The van der Waals surface area contributed by atoms with Crippen molar-refractivity contribution in [3.05, 3.63) is 276 Å². The molecule has 10 heterocycles. The standard InChI is InChI=1S/C78H68S36/c1-79-61-62(80-2)96-49(95-61)33-45(57-107-69(87-9)70(88-10)108-57)37-17-25-41(26-18-37)53-54(42-27-19-38(20-28-42)46(58-109-71(89-11)72(90-12)110-58)34-50-97-63(81-3)64(82-4)98-50)104-77(103-53)78-105-55(43-29-21-39(22-30-43)47(59-111-73(91-13)74(92-14)112-59)35-51-99-65(83-5)66(84-6)100-51)56(106-78)44-31-23-40(24-32-44)48(60-113-75(93-15)76(94-16)114-60)36-52-101-67(85-7)68(86-8)102-52/h17-36H,1-16H3. The van der Waals surface area contributed by atoms with Crippen molar-refractivity contribution in [2.45, 2.75) is 0 Å². The van der Waals surface area contributed by atoms with Crippen LogP contribution in [0.25, 0.3) is 41.9 Å². The zero-order chi connectivity index (χ0) is 79.8. The summed E-state index contributed by atoms with van der Waals surface area (Å²) in [4.78, 5) is 5.14. The molecule has 0 saturated heterocycles. The number of hydrogen-bond acceptors (Lipinski definition) is 36. The van der Waals surface area contributed by atoms with Crippen molar-refractivity contribution in [3.8, 4) is 0 Å². The van der Waals surface area contributed by atoms with Crippen LogP contribution in [0.15, 0.2) is 232 Å². The largest absolute Gasteiger partial charge is 0.121 e. The van der Waals surface area contributed by atoms with E-state index in [-0.39, 0.29) is 0 Å². The molecule has 0 nitrogen and oxygen atoms in total. The Balaban J connectivity index is 0.886. The summed E-state index contributed by atoms with van der Waals surface area (Å²) < 4.78 is 35.5. The Morgan fingerprint density at radius 1 is 0.175 bits per heavy atom. The van der Waals surface area contributed by atoms with Gasteiger partial charge in [0.25, 0.3) is 0 Å². The van der Waals surface area contributed by atoms with E-state index in [9.17, 15) is 0 Å². The molecule has 0 amide bonds. The molecule has 4 aromatic carbocycles. The van der Waals surface area contributed by atoms with Crippen molar-refractivity contribution < 1.29 is 0 Å². The minimum absolute atomic E-state index is 1.23. The maximum Gasteiger partial charge on any atom is 0.0707 e. The lowest BCUT2D eigenvalue weighted by Gasteiger charge is -2.12. The molecule has 36 heteroatoms. The van der Waals surface area contributed by atoms with Crippen LogP contribution in [-0.4, -0.2) is 100 Å². The van der Waals surface area contributed by atoms with Gasteiger partial charge in [0.05, 0.1) is 110 Å². The molecule has 0 atom stereocenters. The van der Waals surface area contributed by atoms with E-state index in [0.29, 0.717) is 0 Å². The molecule has 0 aromatic heterocycles. The molecular formula is C78H68S36. The first-order valence-electron chi connectivity index (χ1n) is 33.3. The average Bonchev–Trinajstić information content (AvgIpc) is 1.61. The van der Waals surface area contributed by atoms with Gasteiger partial charge in [0.1, 0.15) is 0 Å². The van der Waals surface area contributed by atoms with E-state index in [1.54, 1.807) is 0 Å². The quantitative estimate of drug-likeness (QED) is 0.0529. The van der Waals surface area contributed by atoms with Gasteiger partial charge in [-0.25, -0.2) is 0 Å². The molecule has 0 radical (unpaired) electrons. The highest BCUT2D eigenvalue weighted by molar-refractivity contribution is 8.46. The molecule has 10 aliphatic rings. The predicted octanol–water partition coefficient (Wildman–Crippen LogP) is 38.8. The number of rotatable bonds is 28. The first-order chi connectivity index (χ1) is 55.6. The minimum atomic E-state index is 1.23. The number of allylic oxidation sites excluding steroid dienone is 8. The maximum absolute atomic E-state index is 2.48. The van der Waals surface area contributed by atoms with E-state index in [2.05, 4.69) is 221 Å². The molecule has 114 heavy (non-hydrogen) atoms. The minimum Gasteiger partial charge on any atom is -0.121 e. The van der Waals surface area contributed by atoms with E-state index in [4.69, 9.17) is 0 Å². The second-order valence-corrected chi connectivity index (χ2v) is 63.2. The Bertz CT molecular complexity index is 4370. The molecule has 0 N–H and O–H groups in total. The lowest BCUT2D eigenvalue weighted by Crippen LogP contribution is -1.89. The van der Waals surface area contributed by atoms with Gasteiger partial charge in [-0.2, -0.15) is 0 Å². The number of thioether (sulfide) groups is 36. The van der Waals surface area contributed by atoms with Gasteiger partial charge in [0, 0.05) is 41.9 Å². The van der Waals surface area contributed by atoms with Gasteiger partial charge in [0.15, 0.2) is 0 Å². The smallest absolute Gasteiger partial charge is 0.0707 e. The number of hydrogen-bond donors (Lipinski definition) is 0. The van der Waals surface area contributed by atoms with E-state index >= 15 is 0 Å². The van der Waals surface area contributed by atoms with Crippen LogP contribution in [-0.2, 0) is 0 Å². The second kappa shape index (κ2) is 45.9. The van der Waals surface area contributed by atoms with Crippen LogP contribution < -0.4 is 0 Å². The predicted molar refractivity (Wildman–Crippen MR) is 611 cm³/mol.